The Kier molecular flexibility index (Phi) is 4.63. The number of aromatic nitrogens is 2. The molecule has 0 aliphatic heterocycles. The lowest BCUT2D eigenvalue weighted by Crippen LogP contribution is -2.21. The zero-order chi connectivity index (χ0) is 16.5. The standard InChI is InChI=1S/C12H16N4O4S2/c1-7(2)11-14-15-12(21-11)13-10(17)8-5-6-9(20-8)22(18,19)16(3)4/h5-7H,1-4H3,(H,13,15,17). The van der Waals surface area contributed by atoms with Gasteiger partial charge in [0.25, 0.3) is 15.9 Å². The summed E-state index contributed by atoms with van der Waals surface area (Å²) >= 11 is 1.26. The van der Waals surface area contributed by atoms with Crippen LogP contribution < -0.4 is 5.32 Å². The number of carbonyl (C=O) groups excluding carboxylic acids is 1. The number of hydrogen-bond acceptors (Lipinski definition) is 7. The maximum absolute atomic E-state index is 12.0. The van der Waals surface area contributed by atoms with Gasteiger partial charge < -0.3 is 4.42 Å². The molecule has 2 aromatic rings. The molecule has 0 aromatic carbocycles. The van der Waals surface area contributed by atoms with Crippen molar-refractivity contribution in [2.45, 2.75) is 24.9 Å². The van der Waals surface area contributed by atoms with E-state index in [-0.39, 0.29) is 16.8 Å². The maximum Gasteiger partial charge on any atom is 0.293 e. The first-order valence-electron chi connectivity index (χ1n) is 6.39. The molecule has 10 heteroatoms. The van der Waals surface area contributed by atoms with Crippen LogP contribution in [0, 0.1) is 0 Å². The monoisotopic (exact) mass is 344 g/mol. The van der Waals surface area contributed by atoms with Crippen LogP contribution in [0.3, 0.4) is 0 Å². The summed E-state index contributed by atoms with van der Waals surface area (Å²) in [6, 6.07) is 2.54. The van der Waals surface area contributed by atoms with Crippen LogP contribution in [0.1, 0.15) is 35.3 Å². The predicted octanol–water partition coefficient (Wildman–Crippen LogP) is 1.76. The first-order chi connectivity index (χ1) is 10.2. The zero-order valence-corrected chi connectivity index (χ0v) is 14.2. The smallest absolute Gasteiger partial charge is 0.293 e. The Morgan fingerprint density at radius 3 is 2.55 bits per heavy atom. The van der Waals surface area contributed by atoms with E-state index in [2.05, 4.69) is 15.5 Å². The van der Waals surface area contributed by atoms with E-state index in [1.165, 1.54) is 37.6 Å². The molecule has 0 unspecified atom stereocenters. The number of hydrogen-bond donors (Lipinski definition) is 1. The lowest BCUT2D eigenvalue weighted by molar-refractivity contribution is 0.0991. The number of sulfonamides is 1. The molecule has 0 bridgehead atoms. The Hall–Kier alpha value is -1.78. The molecule has 8 nitrogen and oxygen atoms in total. The van der Waals surface area contributed by atoms with Crippen LogP contribution in [-0.2, 0) is 10.0 Å². The number of anilines is 1. The molecule has 0 aliphatic carbocycles. The van der Waals surface area contributed by atoms with Gasteiger partial charge >= 0.3 is 0 Å². The molecule has 0 fully saturated rings. The van der Waals surface area contributed by atoms with Gasteiger partial charge in [0.05, 0.1) is 0 Å². The normalized spacial score (nSPS) is 12.1. The number of amides is 1. The third kappa shape index (κ3) is 3.34. The number of carbonyl (C=O) groups is 1. The second-order valence-electron chi connectivity index (χ2n) is 4.96. The van der Waals surface area contributed by atoms with Crippen LogP contribution >= 0.6 is 11.3 Å². The van der Waals surface area contributed by atoms with Crippen LogP contribution in [-0.4, -0.2) is 42.9 Å². The van der Waals surface area contributed by atoms with Gasteiger partial charge in [0, 0.05) is 20.0 Å². The number of nitrogens with zero attached hydrogens (tertiary/aromatic N) is 3. The van der Waals surface area contributed by atoms with E-state index in [9.17, 15) is 13.2 Å². The molecule has 0 saturated carbocycles. The lowest BCUT2D eigenvalue weighted by Gasteiger charge is -2.07. The van der Waals surface area contributed by atoms with Crippen molar-refractivity contribution in [2.24, 2.45) is 0 Å². The van der Waals surface area contributed by atoms with Gasteiger partial charge in [-0.25, -0.2) is 12.7 Å². The maximum atomic E-state index is 12.0. The molecular formula is C12H16N4O4S2. The summed E-state index contributed by atoms with van der Waals surface area (Å²) < 4.78 is 29.9. The van der Waals surface area contributed by atoms with E-state index < -0.39 is 15.9 Å². The first kappa shape index (κ1) is 16.6. The van der Waals surface area contributed by atoms with Crippen molar-refractivity contribution in [3.63, 3.8) is 0 Å². The number of nitrogens with one attached hydrogen (secondary N) is 1. The predicted molar refractivity (Wildman–Crippen MR) is 81.5 cm³/mol. The van der Waals surface area contributed by atoms with E-state index in [4.69, 9.17) is 4.42 Å². The first-order valence-corrected chi connectivity index (χ1v) is 8.64. The third-order valence-corrected chi connectivity index (χ3v) is 5.52. The molecule has 0 atom stereocenters. The van der Waals surface area contributed by atoms with Crippen molar-refractivity contribution in [1.82, 2.24) is 14.5 Å². The highest BCUT2D eigenvalue weighted by Gasteiger charge is 2.23. The summed E-state index contributed by atoms with van der Waals surface area (Å²) in [4.78, 5) is 12.0. The van der Waals surface area contributed by atoms with Crippen molar-refractivity contribution < 1.29 is 17.6 Å². The summed E-state index contributed by atoms with van der Waals surface area (Å²) in [5.74, 6) is -0.475. The number of rotatable bonds is 5. The average Bonchev–Trinajstić information content (AvgIpc) is 3.07. The summed E-state index contributed by atoms with van der Waals surface area (Å²) in [7, 11) is -0.946. The molecule has 0 aliphatic rings. The zero-order valence-electron chi connectivity index (χ0n) is 12.5. The van der Waals surface area contributed by atoms with Gasteiger partial charge in [-0.05, 0) is 12.1 Å². The van der Waals surface area contributed by atoms with Crippen molar-refractivity contribution >= 4 is 32.4 Å². The largest absolute Gasteiger partial charge is 0.438 e. The molecule has 2 heterocycles. The van der Waals surface area contributed by atoms with E-state index in [1.54, 1.807) is 0 Å². The van der Waals surface area contributed by atoms with Crippen LogP contribution in [0.25, 0.3) is 0 Å². The van der Waals surface area contributed by atoms with Gasteiger partial charge in [-0.15, -0.1) is 10.2 Å². The molecule has 0 saturated heterocycles. The highest BCUT2D eigenvalue weighted by molar-refractivity contribution is 7.88. The average molecular weight is 344 g/mol. The van der Waals surface area contributed by atoms with Crippen molar-refractivity contribution in [1.29, 1.82) is 0 Å². The fourth-order valence-electron chi connectivity index (χ4n) is 1.44. The molecule has 1 N–H and O–H groups in total. The molecule has 1 amide bonds. The van der Waals surface area contributed by atoms with Gasteiger partial charge in [-0.2, -0.15) is 0 Å². The Balaban J connectivity index is 2.15. The summed E-state index contributed by atoms with van der Waals surface area (Å²) in [6.45, 7) is 3.94. The lowest BCUT2D eigenvalue weighted by atomic mass is 10.2. The molecule has 2 rings (SSSR count). The minimum atomic E-state index is -3.71. The number of furan rings is 1. The second-order valence-corrected chi connectivity index (χ2v) is 8.05. The van der Waals surface area contributed by atoms with Crippen LogP contribution in [0.15, 0.2) is 21.6 Å². The highest BCUT2D eigenvalue weighted by Crippen LogP contribution is 2.23. The minimum absolute atomic E-state index is 0.110. The van der Waals surface area contributed by atoms with Gasteiger partial charge in [-0.3, -0.25) is 10.1 Å². The summed E-state index contributed by atoms with van der Waals surface area (Å²) in [6.07, 6.45) is 0. The van der Waals surface area contributed by atoms with Crippen molar-refractivity contribution in [3.8, 4) is 0 Å². The van der Waals surface area contributed by atoms with Crippen molar-refractivity contribution in [3.05, 3.63) is 22.9 Å². The van der Waals surface area contributed by atoms with Crippen molar-refractivity contribution in [2.75, 3.05) is 19.4 Å². The molecular weight excluding hydrogens is 328 g/mol. The second kappa shape index (κ2) is 6.15. The van der Waals surface area contributed by atoms with Crippen LogP contribution in [0.2, 0.25) is 0 Å². The fraction of sp³-hybridized carbons (Fsp3) is 0.417. The Bertz CT molecular complexity index is 777. The van der Waals surface area contributed by atoms with Crippen LogP contribution in [0.5, 0.6) is 0 Å². The van der Waals surface area contributed by atoms with E-state index in [0.717, 1.165) is 9.31 Å². The highest BCUT2D eigenvalue weighted by atomic mass is 32.2. The fourth-order valence-corrected chi connectivity index (χ4v) is 2.97. The quantitative estimate of drug-likeness (QED) is 0.886. The topological polar surface area (TPSA) is 105 Å². The minimum Gasteiger partial charge on any atom is -0.438 e. The van der Waals surface area contributed by atoms with Gasteiger partial charge in [-0.1, -0.05) is 25.2 Å². The summed E-state index contributed by atoms with van der Waals surface area (Å²) in [5.41, 5.74) is 0. The molecule has 0 spiro atoms. The SMILES string of the molecule is CC(C)c1nnc(NC(=O)c2ccc(S(=O)(=O)N(C)C)o2)s1. The Labute approximate surface area is 132 Å². The molecule has 2 aromatic heterocycles. The third-order valence-electron chi connectivity index (χ3n) is 2.70. The summed E-state index contributed by atoms with van der Waals surface area (Å²) in [5, 5.41) is 11.2. The molecule has 0 radical (unpaired) electrons. The van der Waals surface area contributed by atoms with E-state index in [0.29, 0.717) is 5.13 Å². The van der Waals surface area contributed by atoms with E-state index in [1.807, 2.05) is 13.8 Å². The van der Waals surface area contributed by atoms with Gasteiger partial charge in [0.1, 0.15) is 5.01 Å². The Morgan fingerprint density at radius 2 is 2.00 bits per heavy atom. The molecule has 22 heavy (non-hydrogen) atoms. The molecule has 120 valence electrons. The van der Waals surface area contributed by atoms with Gasteiger partial charge in [0.2, 0.25) is 10.2 Å². The van der Waals surface area contributed by atoms with Gasteiger partial charge in [0.15, 0.2) is 5.76 Å². The Morgan fingerprint density at radius 1 is 1.32 bits per heavy atom. The van der Waals surface area contributed by atoms with E-state index >= 15 is 0 Å². The van der Waals surface area contributed by atoms with Crippen LogP contribution in [0.4, 0.5) is 5.13 Å².